The van der Waals surface area contributed by atoms with Gasteiger partial charge < -0.3 is 8.83 Å². The van der Waals surface area contributed by atoms with Crippen molar-refractivity contribution >= 4 is 33.0 Å². The van der Waals surface area contributed by atoms with Crippen molar-refractivity contribution in [3.63, 3.8) is 0 Å². The van der Waals surface area contributed by atoms with E-state index < -0.39 is 0 Å². The smallest absolute Gasteiger partial charge is 0.137 e. The highest BCUT2D eigenvalue weighted by atomic mass is 16.3. The van der Waals surface area contributed by atoms with Crippen LogP contribution < -0.4 is 0 Å². The van der Waals surface area contributed by atoms with Crippen LogP contribution in [0.5, 0.6) is 0 Å². The minimum Gasteiger partial charge on any atom is -0.456 e. The zero-order valence-corrected chi connectivity index (χ0v) is 17.3. The first-order valence-corrected chi connectivity index (χ1v) is 10.6. The van der Waals surface area contributed by atoms with E-state index in [9.17, 15) is 0 Å². The molecule has 0 unspecified atom stereocenters. The highest BCUT2D eigenvalue weighted by Gasteiger charge is 2.20. The number of furan rings is 2. The van der Waals surface area contributed by atoms with Crippen molar-refractivity contribution in [1.29, 1.82) is 0 Å². The van der Waals surface area contributed by atoms with Crippen molar-refractivity contribution in [3.05, 3.63) is 97.3 Å². The first kappa shape index (κ1) is 17.9. The predicted octanol–water partition coefficient (Wildman–Crippen LogP) is 6.64. The lowest BCUT2D eigenvalue weighted by molar-refractivity contribution is 0.630. The molecule has 6 nitrogen and oxygen atoms in total. The Bertz CT molecular complexity index is 1600. The predicted molar refractivity (Wildman–Crippen MR) is 127 cm³/mol. The summed E-state index contributed by atoms with van der Waals surface area (Å²) in [5, 5.41) is 11.8. The van der Waals surface area contributed by atoms with E-state index in [0.29, 0.717) is 0 Å². The molecule has 0 spiro atoms. The molecule has 0 saturated heterocycles. The fraction of sp³-hybridized carbons (Fsp3) is 0. The lowest BCUT2D eigenvalue weighted by atomic mass is 10.0. The maximum absolute atomic E-state index is 6.16. The minimum absolute atomic E-state index is 0.740. The normalized spacial score (nSPS) is 11.6. The van der Waals surface area contributed by atoms with Gasteiger partial charge in [-0.05, 0) is 48.5 Å². The number of fused-ring (bicyclic) bond motifs is 3. The molecule has 0 amide bonds. The zero-order chi connectivity index (χ0) is 21.8. The van der Waals surface area contributed by atoms with Gasteiger partial charge in [-0.25, -0.2) is 0 Å². The molecule has 0 aliphatic heterocycles. The summed E-state index contributed by atoms with van der Waals surface area (Å²) in [6, 6.07) is 27.8. The van der Waals surface area contributed by atoms with Crippen LogP contribution in [0.1, 0.15) is 0 Å². The van der Waals surface area contributed by atoms with Gasteiger partial charge in [0.15, 0.2) is 0 Å². The summed E-state index contributed by atoms with van der Waals surface area (Å²) >= 11 is 0. The maximum atomic E-state index is 6.16. The fourth-order valence-corrected chi connectivity index (χ4v) is 4.21. The van der Waals surface area contributed by atoms with Crippen LogP contribution in [0.4, 0.5) is 0 Å². The third-order valence-corrected chi connectivity index (χ3v) is 5.82. The van der Waals surface area contributed by atoms with E-state index in [2.05, 4.69) is 4.98 Å². The van der Waals surface area contributed by atoms with E-state index in [-0.39, 0.29) is 0 Å². The fourth-order valence-electron chi connectivity index (χ4n) is 4.21. The van der Waals surface area contributed by atoms with E-state index in [0.717, 1.165) is 61.3 Å². The molecule has 6 heteroatoms. The molecule has 4 heterocycles. The number of aromatic nitrogens is 4. The molecule has 7 rings (SSSR count). The molecule has 0 aliphatic carbocycles. The Morgan fingerprint density at radius 2 is 1.09 bits per heavy atom. The number of hydrogen-bond acceptors (Lipinski definition) is 5. The van der Waals surface area contributed by atoms with Crippen LogP contribution in [0.3, 0.4) is 0 Å². The van der Waals surface area contributed by atoms with Crippen LogP contribution in [0, 0.1) is 0 Å². The molecule has 0 fully saturated rings. The van der Waals surface area contributed by atoms with E-state index in [1.54, 1.807) is 17.2 Å². The van der Waals surface area contributed by atoms with Crippen LogP contribution in [0.2, 0.25) is 0 Å². The van der Waals surface area contributed by atoms with Gasteiger partial charge in [0.1, 0.15) is 33.7 Å². The van der Waals surface area contributed by atoms with Crippen LogP contribution in [0.15, 0.2) is 106 Å². The maximum Gasteiger partial charge on any atom is 0.137 e. The summed E-state index contributed by atoms with van der Waals surface area (Å²) in [5.41, 5.74) is 5.73. The van der Waals surface area contributed by atoms with Crippen molar-refractivity contribution in [1.82, 2.24) is 20.0 Å². The first-order valence-electron chi connectivity index (χ1n) is 10.6. The molecule has 0 N–H and O–H groups in total. The Hall–Kier alpha value is -4.71. The van der Waals surface area contributed by atoms with Gasteiger partial charge >= 0.3 is 0 Å². The van der Waals surface area contributed by atoms with Gasteiger partial charge in [-0.1, -0.05) is 36.4 Å². The lowest BCUT2D eigenvalue weighted by Gasteiger charge is -2.02. The monoisotopic (exact) mass is 428 g/mol. The SMILES string of the molecule is c1ccc2oc(-c3ccc(-c4cc5ccccc5o4)c4nn(-c5ccncc5)nc34)cc2c1. The molecule has 7 aromatic rings. The standard InChI is InChI=1S/C27H16N4O2/c1-3-7-22-17(5-1)15-24(32-22)20-9-10-21(25-16-18-6-2-4-8-23(18)33-25)27-26(20)29-31(30-27)19-11-13-28-14-12-19/h1-16H. The summed E-state index contributed by atoms with van der Waals surface area (Å²) in [7, 11) is 0. The number of para-hydroxylation sites is 2. The number of hydrogen-bond donors (Lipinski definition) is 0. The zero-order valence-electron chi connectivity index (χ0n) is 17.3. The molecule has 0 atom stereocenters. The van der Waals surface area contributed by atoms with Crippen molar-refractivity contribution < 1.29 is 8.83 Å². The van der Waals surface area contributed by atoms with E-state index in [4.69, 9.17) is 19.0 Å². The van der Waals surface area contributed by atoms with Gasteiger partial charge in [0.05, 0.1) is 5.69 Å². The number of benzene rings is 3. The Morgan fingerprint density at radius 3 is 1.61 bits per heavy atom. The summed E-state index contributed by atoms with van der Waals surface area (Å²) in [6.07, 6.45) is 3.45. The molecule has 156 valence electrons. The Kier molecular flexibility index (Phi) is 3.75. The van der Waals surface area contributed by atoms with Gasteiger partial charge in [0.2, 0.25) is 0 Å². The van der Waals surface area contributed by atoms with Crippen LogP contribution in [0.25, 0.3) is 61.3 Å². The average Bonchev–Trinajstić information content (AvgIpc) is 3.60. The van der Waals surface area contributed by atoms with Crippen LogP contribution in [-0.4, -0.2) is 20.0 Å². The Labute approximate surface area is 187 Å². The molecule has 33 heavy (non-hydrogen) atoms. The highest BCUT2D eigenvalue weighted by molar-refractivity contribution is 6.01. The average molecular weight is 428 g/mol. The van der Waals surface area contributed by atoms with Crippen LogP contribution in [-0.2, 0) is 0 Å². The molecule has 0 radical (unpaired) electrons. The molecular formula is C27H16N4O2. The van der Waals surface area contributed by atoms with E-state index in [1.165, 1.54) is 0 Å². The molecule has 4 aromatic heterocycles. The Morgan fingerprint density at radius 1 is 0.576 bits per heavy atom. The molecule has 0 aliphatic rings. The van der Waals surface area contributed by atoms with E-state index >= 15 is 0 Å². The quantitative estimate of drug-likeness (QED) is 0.315. The Balaban J connectivity index is 1.50. The summed E-state index contributed by atoms with van der Waals surface area (Å²) < 4.78 is 12.3. The second-order valence-electron chi connectivity index (χ2n) is 7.85. The first-order chi connectivity index (χ1) is 16.3. The second kappa shape index (κ2) is 6.90. The summed E-state index contributed by atoms with van der Waals surface area (Å²) in [4.78, 5) is 5.73. The van der Waals surface area contributed by atoms with Gasteiger partial charge in [0.25, 0.3) is 0 Å². The molecule has 0 bridgehead atoms. The summed E-state index contributed by atoms with van der Waals surface area (Å²) in [5.74, 6) is 1.50. The third-order valence-electron chi connectivity index (χ3n) is 5.82. The lowest BCUT2D eigenvalue weighted by Crippen LogP contribution is -1.98. The second-order valence-corrected chi connectivity index (χ2v) is 7.85. The van der Waals surface area contributed by atoms with Crippen molar-refractivity contribution in [2.45, 2.75) is 0 Å². The van der Waals surface area contributed by atoms with Crippen molar-refractivity contribution in [2.75, 3.05) is 0 Å². The van der Waals surface area contributed by atoms with Crippen molar-refractivity contribution in [3.8, 4) is 28.3 Å². The minimum atomic E-state index is 0.740. The topological polar surface area (TPSA) is 69.9 Å². The van der Waals surface area contributed by atoms with Gasteiger partial charge in [0, 0.05) is 34.3 Å². The molecule has 0 saturated carbocycles. The van der Waals surface area contributed by atoms with Gasteiger partial charge in [-0.3, -0.25) is 4.98 Å². The van der Waals surface area contributed by atoms with Crippen molar-refractivity contribution in [2.24, 2.45) is 0 Å². The summed E-state index contributed by atoms with van der Waals surface area (Å²) in [6.45, 7) is 0. The molecular weight excluding hydrogens is 412 g/mol. The van der Waals surface area contributed by atoms with Gasteiger partial charge in [-0.2, -0.15) is 4.80 Å². The van der Waals surface area contributed by atoms with Crippen LogP contribution >= 0.6 is 0 Å². The van der Waals surface area contributed by atoms with E-state index in [1.807, 2.05) is 84.9 Å². The number of rotatable bonds is 3. The third kappa shape index (κ3) is 2.85. The number of nitrogens with zero attached hydrogens (tertiary/aromatic N) is 4. The molecule has 3 aromatic carbocycles. The van der Waals surface area contributed by atoms with Gasteiger partial charge in [-0.15, -0.1) is 10.2 Å². The number of pyridine rings is 1. The largest absolute Gasteiger partial charge is 0.456 e. The highest BCUT2D eigenvalue weighted by Crippen LogP contribution is 2.38.